The molecule has 7 heteroatoms. The third-order valence-electron chi connectivity index (χ3n) is 2.63. The lowest BCUT2D eigenvalue weighted by Gasteiger charge is -2.13. The second-order valence-corrected chi connectivity index (χ2v) is 4.93. The van der Waals surface area contributed by atoms with Crippen LogP contribution >= 0.6 is 12.2 Å². The normalized spacial score (nSPS) is 10.9. The van der Waals surface area contributed by atoms with E-state index < -0.39 is 6.36 Å². The summed E-state index contributed by atoms with van der Waals surface area (Å²) in [7, 11) is 0. The number of ether oxygens (including phenoxy) is 1. The van der Waals surface area contributed by atoms with E-state index in [-0.39, 0.29) is 10.9 Å². The number of nitrogens with one attached hydrogen (secondary N) is 2. The molecule has 2 N–H and O–H groups in total. The van der Waals surface area contributed by atoms with E-state index in [2.05, 4.69) is 15.4 Å². The van der Waals surface area contributed by atoms with Crippen molar-refractivity contribution in [2.45, 2.75) is 13.3 Å². The van der Waals surface area contributed by atoms with Gasteiger partial charge >= 0.3 is 6.36 Å². The maximum Gasteiger partial charge on any atom is 0.573 e. The summed E-state index contributed by atoms with van der Waals surface area (Å²) in [6.45, 7) is 1.96. The van der Waals surface area contributed by atoms with Crippen molar-refractivity contribution in [1.82, 2.24) is 0 Å². The minimum atomic E-state index is -4.72. The third kappa shape index (κ3) is 5.25. The number of aryl methyl sites for hydroxylation is 1. The molecule has 0 spiro atoms. The number of rotatable bonds is 3. The second kappa shape index (κ2) is 6.65. The van der Waals surface area contributed by atoms with Crippen molar-refractivity contribution in [3.05, 3.63) is 54.1 Å². The molecular formula is C15H13F3N2OS. The maximum absolute atomic E-state index is 12.2. The molecule has 2 aromatic carbocycles. The topological polar surface area (TPSA) is 33.3 Å². The fraction of sp³-hybridized carbons (Fsp3) is 0.133. The van der Waals surface area contributed by atoms with Gasteiger partial charge in [-0.15, -0.1) is 13.2 Å². The van der Waals surface area contributed by atoms with Crippen LogP contribution in [0.5, 0.6) is 5.75 Å². The molecule has 0 aliphatic heterocycles. The summed E-state index contributed by atoms with van der Waals surface area (Å²) in [5, 5.41) is 6.02. The molecule has 2 aromatic rings. The van der Waals surface area contributed by atoms with Crippen LogP contribution < -0.4 is 15.4 Å². The number of alkyl halides is 3. The molecule has 0 amide bonds. The standard InChI is InChI=1S/C15H13F3N2OS/c1-10-5-7-11(8-6-10)19-14(22)20-12-3-2-4-13(9-12)21-15(16,17)18/h2-9H,1H3,(H2,19,20,22). The highest BCUT2D eigenvalue weighted by molar-refractivity contribution is 7.80. The number of hydrogen-bond acceptors (Lipinski definition) is 2. The molecule has 0 aliphatic carbocycles. The molecule has 0 atom stereocenters. The molecule has 0 unspecified atom stereocenters. The summed E-state index contributed by atoms with van der Waals surface area (Å²) in [6, 6.07) is 13.0. The Morgan fingerprint density at radius 2 is 1.64 bits per heavy atom. The molecule has 0 fully saturated rings. The minimum Gasteiger partial charge on any atom is -0.406 e. The first-order valence-electron chi connectivity index (χ1n) is 6.32. The number of benzene rings is 2. The van der Waals surface area contributed by atoms with E-state index >= 15 is 0 Å². The van der Waals surface area contributed by atoms with E-state index in [1.54, 1.807) is 6.07 Å². The average molecular weight is 326 g/mol. The fourth-order valence-corrected chi connectivity index (χ4v) is 1.94. The Morgan fingerprint density at radius 1 is 1.00 bits per heavy atom. The number of thiocarbonyl (C=S) groups is 1. The van der Waals surface area contributed by atoms with Gasteiger partial charge in [-0.2, -0.15) is 0 Å². The van der Waals surface area contributed by atoms with E-state index in [1.165, 1.54) is 18.2 Å². The molecule has 0 heterocycles. The van der Waals surface area contributed by atoms with Gasteiger partial charge in [0.1, 0.15) is 5.75 Å². The summed E-state index contributed by atoms with van der Waals surface area (Å²) in [5.74, 6) is -0.310. The lowest BCUT2D eigenvalue weighted by atomic mass is 10.2. The Hall–Kier alpha value is -2.28. The highest BCUT2D eigenvalue weighted by atomic mass is 32.1. The van der Waals surface area contributed by atoms with Crippen molar-refractivity contribution in [3.8, 4) is 5.75 Å². The summed E-state index contributed by atoms with van der Waals surface area (Å²) in [5.41, 5.74) is 2.29. The van der Waals surface area contributed by atoms with E-state index in [0.29, 0.717) is 5.69 Å². The van der Waals surface area contributed by atoms with Gasteiger partial charge in [-0.3, -0.25) is 0 Å². The van der Waals surface area contributed by atoms with Gasteiger partial charge in [-0.25, -0.2) is 0 Å². The van der Waals surface area contributed by atoms with Crippen LogP contribution in [0.2, 0.25) is 0 Å². The predicted molar refractivity (Wildman–Crippen MR) is 84.1 cm³/mol. The van der Waals surface area contributed by atoms with E-state index in [9.17, 15) is 13.2 Å². The SMILES string of the molecule is Cc1ccc(NC(=S)Nc2cccc(OC(F)(F)F)c2)cc1. The molecule has 116 valence electrons. The first-order chi connectivity index (χ1) is 10.3. The van der Waals surface area contributed by atoms with E-state index in [1.807, 2.05) is 31.2 Å². The number of hydrogen-bond donors (Lipinski definition) is 2. The second-order valence-electron chi connectivity index (χ2n) is 4.52. The highest BCUT2D eigenvalue weighted by Crippen LogP contribution is 2.25. The van der Waals surface area contributed by atoms with Crippen LogP contribution in [0.1, 0.15) is 5.56 Å². The summed E-state index contributed by atoms with van der Waals surface area (Å²) < 4.78 is 40.4. The van der Waals surface area contributed by atoms with Crippen LogP contribution in [-0.4, -0.2) is 11.5 Å². The Morgan fingerprint density at radius 3 is 2.27 bits per heavy atom. The highest BCUT2D eigenvalue weighted by Gasteiger charge is 2.31. The molecule has 0 radical (unpaired) electrons. The van der Waals surface area contributed by atoms with Gasteiger partial charge in [0.15, 0.2) is 5.11 Å². The van der Waals surface area contributed by atoms with Crippen LogP contribution in [0.25, 0.3) is 0 Å². The van der Waals surface area contributed by atoms with Crippen molar-refractivity contribution >= 4 is 28.7 Å². The van der Waals surface area contributed by atoms with Crippen molar-refractivity contribution in [3.63, 3.8) is 0 Å². The van der Waals surface area contributed by atoms with Crippen molar-refractivity contribution in [2.24, 2.45) is 0 Å². The van der Waals surface area contributed by atoms with Crippen LogP contribution in [0.15, 0.2) is 48.5 Å². The van der Waals surface area contributed by atoms with Gasteiger partial charge in [-0.05, 0) is 43.4 Å². The minimum absolute atomic E-state index is 0.271. The zero-order chi connectivity index (χ0) is 16.2. The van der Waals surface area contributed by atoms with Gasteiger partial charge in [0, 0.05) is 17.4 Å². The Kier molecular flexibility index (Phi) is 4.87. The predicted octanol–water partition coefficient (Wildman–Crippen LogP) is 4.70. The van der Waals surface area contributed by atoms with Crippen molar-refractivity contribution < 1.29 is 17.9 Å². The lowest BCUT2D eigenvalue weighted by Crippen LogP contribution is -2.20. The monoisotopic (exact) mass is 326 g/mol. The molecule has 0 saturated heterocycles. The summed E-state index contributed by atoms with van der Waals surface area (Å²) >= 11 is 5.12. The first kappa shape index (κ1) is 16.1. The van der Waals surface area contributed by atoms with Gasteiger partial charge < -0.3 is 15.4 Å². The van der Waals surface area contributed by atoms with Gasteiger partial charge in [0.2, 0.25) is 0 Å². The van der Waals surface area contributed by atoms with Gasteiger partial charge in [0.25, 0.3) is 0 Å². The summed E-state index contributed by atoms with van der Waals surface area (Å²) in [6.07, 6.45) is -4.72. The first-order valence-corrected chi connectivity index (χ1v) is 6.73. The molecular weight excluding hydrogens is 313 g/mol. The number of anilines is 2. The molecule has 3 nitrogen and oxygen atoms in total. The van der Waals surface area contributed by atoms with Crippen LogP contribution in [0, 0.1) is 6.92 Å². The maximum atomic E-state index is 12.2. The molecule has 22 heavy (non-hydrogen) atoms. The van der Waals surface area contributed by atoms with Crippen molar-refractivity contribution in [2.75, 3.05) is 10.6 Å². The molecule has 0 bridgehead atoms. The van der Waals surface area contributed by atoms with Crippen molar-refractivity contribution in [1.29, 1.82) is 0 Å². The quantitative estimate of drug-likeness (QED) is 0.801. The largest absolute Gasteiger partial charge is 0.573 e. The molecule has 0 aliphatic rings. The smallest absolute Gasteiger partial charge is 0.406 e. The Bertz CT molecular complexity index is 657. The summed E-state index contributed by atoms with van der Waals surface area (Å²) in [4.78, 5) is 0. The molecule has 2 rings (SSSR count). The van der Waals surface area contributed by atoms with Crippen LogP contribution in [-0.2, 0) is 0 Å². The third-order valence-corrected chi connectivity index (χ3v) is 2.84. The zero-order valence-electron chi connectivity index (χ0n) is 11.6. The van der Waals surface area contributed by atoms with E-state index in [4.69, 9.17) is 12.2 Å². The fourth-order valence-electron chi connectivity index (χ4n) is 1.70. The molecule has 0 aromatic heterocycles. The van der Waals surface area contributed by atoms with Crippen LogP contribution in [0.3, 0.4) is 0 Å². The lowest BCUT2D eigenvalue weighted by molar-refractivity contribution is -0.274. The van der Waals surface area contributed by atoms with Crippen LogP contribution in [0.4, 0.5) is 24.5 Å². The van der Waals surface area contributed by atoms with Gasteiger partial charge in [-0.1, -0.05) is 23.8 Å². The average Bonchev–Trinajstić information content (AvgIpc) is 2.40. The van der Waals surface area contributed by atoms with E-state index in [0.717, 1.165) is 11.3 Å². The Balaban J connectivity index is 1.99. The zero-order valence-corrected chi connectivity index (χ0v) is 12.4. The Labute approximate surface area is 131 Å². The number of halogens is 3. The molecule has 0 saturated carbocycles. The van der Waals surface area contributed by atoms with Gasteiger partial charge in [0.05, 0.1) is 0 Å².